The minimum atomic E-state index is -4.65. The number of aliphatic carboxylic acids is 1. The molecule has 2 aromatic rings. The molecule has 15 heteroatoms. The average molecular weight is 447 g/mol. The van der Waals surface area contributed by atoms with Crippen molar-refractivity contribution in [2.24, 2.45) is 0 Å². The van der Waals surface area contributed by atoms with E-state index in [4.69, 9.17) is 0 Å². The molecule has 2 aromatic heterocycles. The van der Waals surface area contributed by atoms with Gasteiger partial charge in [-0.25, -0.2) is 9.78 Å². The Kier molecular flexibility index (Phi) is 4.94. The lowest BCUT2D eigenvalue weighted by Crippen LogP contribution is -2.67. The van der Waals surface area contributed by atoms with Crippen LogP contribution in [0.15, 0.2) is 28.8 Å². The molecule has 10 nitrogen and oxygen atoms in total. The van der Waals surface area contributed by atoms with Crippen LogP contribution in [0.2, 0.25) is 0 Å². The Morgan fingerprint density at radius 3 is 2.90 bits per heavy atom. The average Bonchev–Trinajstić information content (AvgIpc) is 3.34. The van der Waals surface area contributed by atoms with Crippen molar-refractivity contribution in [1.29, 1.82) is 0 Å². The lowest BCUT2D eigenvalue weighted by Gasteiger charge is -2.49. The molecule has 0 saturated carbocycles. The van der Waals surface area contributed by atoms with Crippen molar-refractivity contribution in [3.8, 4) is 0 Å². The molecule has 1 fully saturated rings. The van der Waals surface area contributed by atoms with Gasteiger partial charge in [0, 0.05) is 23.9 Å². The molecule has 0 spiro atoms. The summed E-state index contributed by atoms with van der Waals surface area (Å²) in [7, 11) is 0. The summed E-state index contributed by atoms with van der Waals surface area (Å²) in [5, 5.41) is 17.2. The summed E-state index contributed by atoms with van der Waals surface area (Å²) in [5.74, 6) is -2.18. The molecule has 29 heavy (non-hydrogen) atoms. The van der Waals surface area contributed by atoms with Gasteiger partial charge in [-0.05, 0) is 5.57 Å². The molecular weight excluding hydrogens is 435 g/mol. The maximum Gasteiger partial charge on any atom is 0.451 e. The number of nitrogens with one attached hydrogen (secondary N) is 3. The summed E-state index contributed by atoms with van der Waals surface area (Å²) in [6.45, 7) is 0. The van der Waals surface area contributed by atoms with E-state index >= 15 is 0 Å². The highest BCUT2D eigenvalue weighted by atomic mass is 32.2. The Hall–Kier alpha value is -2.68. The molecule has 2 aliphatic rings. The van der Waals surface area contributed by atoms with Crippen molar-refractivity contribution < 1.29 is 27.9 Å². The third-order valence-corrected chi connectivity index (χ3v) is 6.42. The number of amides is 1. The number of aromatic nitrogens is 5. The Labute approximate surface area is 168 Å². The van der Waals surface area contributed by atoms with Crippen LogP contribution in [-0.2, 0) is 15.8 Å². The van der Waals surface area contributed by atoms with Crippen LogP contribution in [-0.4, -0.2) is 70.0 Å². The molecular formula is C14H12F3N7O3S2. The number of nitrogens with zero attached hydrogens (tertiary/aromatic N) is 4. The molecule has 0 bridgehead atoms. The Morgan fingerprint density at radius 1 is 1.48 bits per heavy atom. The van der Waals surface area contributed by atoms with Crippen LogP contribution in [0.4, 0.5) is 19.1 Å². The molecule has 2 atom stereocenters. The van der Waals surface area contributed by atoms with Gasteiger partial charge in [-0.2, -0.15) is 18.2 Å². The number of carbonyl (C=O) groups excluding carboxylic acids is 1. The fraction of sp³-hybridized carbons (Fsp3) is 0.357. The highest BCUT2D eigenvalue weighted by molar-refractivity contribution is 8.01. The number of thioether (sulfide) groups is 2. The second-order valence-corrected chi connectivity index (χ2v) is 8.03. The smallest absolute Gasteiger partial charge is 0.451 e. The quantitative estimate of drug-likeness (QED) is 0.382. The number of carbonyl (C=O) groups is 2. The third-order valence-electron chi connectivity index (χ3n) is 4.15. The first-order valence-corrected chi connectivity index (χ1v) is 10.1. The van der Waals surface area contributed by atoms with Gasteiger partial charge in [-0.3, -0.25) is 14.8 Å². The van der Waals surface area contributed by atoms with Gasteiger partial charge in [0.2, 0.25) is 16.9 Å². The number of carboxylic acids is 1. The third kappa shape index (κ3) is 3.66. The minimum Gasteiger partial charge on any atom is -0.477 e. The van der Waals surface area contributed by atoms with E-state index in [1.807, 2.05) is 0 Å². The van der Waals surface area contributed by atoms with E-state index in [9.17, 15) is 27.9 Å². The van der Waals surface area contributed by atoms with Crippen LogP contribution < -0.4 is 5.32 Å². The first-order valence-electron chi connectivity index (χ1n) is 8.04. The molecule has 2 aliphatic heterocycles. The largest absolute Gasteiger partial charge is 0.477 e. The van der Waals surface area contributed by atoms with Crippen molar-refractivity contribution in [3.05, 3.63) is 29.5 Å². The summed E-state index contributed by atoms with van der Waals surface area (Å²) in [6.07, 6.45) is -1.55. The van der Waals surface area contributed by atoms with E-state index in [1.54, 1.807) is 11.3 Å². The monoisotopic (exact) mass is 447 g/mol. The summed E-state index contributed by atoms with van der Waals surface area (Å²) in [4.78, 5) is 35.6. The maximum absolute atomic E-state index is 12.6. The highest BCUT2D eigenvalue weighted by Crippen LogP contribution is 2.42. The van der Waals surface area contributed by atoms with Gasteiger partial charge in [0.25, 0.3) is 5.91 Å². The normalized spacial score (nSPS) is 21.8. The Balaban J connectivity index is 1.48. The van der Waals surface area contributed by atoms with E-state index in [0.717, 1.165) is 11.8 Å². The second-order valence-electron chi connectivity index (χ2n) is 5.98. The van der Waals surface area contributed by atoms with Gasteiger partial charge in [0.1, 0.15) is 17.1 Å². The van der Waals surface area contributed by atoms with Gasteiger partial charge in [0.15, 0.2) is 0 Å². The van der Waals surface area contributed by atoms with E-state index < -0.39 is 35.3 Å². The van der Waals surface area contributed by atoms with Crippen LogP contribution in [0.3, 0.4) is 0 Å². The standard InChI is InChI=1S/C14H12F3N7O3S2/c15-14(16,17)11-21-13(23-22-11)29-4-5-3-28-9-6(20-12-18-1-2-19-12)8(25)24(9)7(5)10(26)27/h1-2,6,9H,3-4H2,(H,26,27)(H2,18,19,20)(H,21,22,23)/t6?,9-/m1/s1. The molecule has 4 N–H and O–H groups in total. The first kappa shape index (κ1) is 19.6. The van der Waals surface area contributed by atoms with Crippen molar-refractivity contribution in [2.75, 3.05) is 16.8 Å². The number of rotatable bonds is 6. The number of aromatic amines is 2. The van der Waals surface area contributed by atoms with Crippen LogP contribution in [0, 0.1) is 0 Å². The molecule has 0 aliphatic carbocycles. The second kappa shape index (κ2) is 7.29. The number of hydrogen-bond acceptors (Lipinski definition) is 8. The van der Waals surface area contributed by atoms with Crippen molar-refractivity contribution in [2.45, 2.75) is 22.7 Å². The molecule has 4 heterocycles. The molecule has 1 amide bonds. The van der Waals surface area contributed by atoms with Crippen molar-refractivity contribution in [3.63, 3.8) is 0 Å². The summed E-state index contributed by atoms with van der Waals surface area (Å²) in [6, 6.07) is -0.628. The number of hydrogen-bond donors (Lipinski definition) is 4. The van der Waals surface area contributed by atoms with E-state index in [0.29, 0.717) is 17.3 Å². The predicted octanol–water partition coefficient (Wildman–Crippen LogP) is 1.37. The van der Waals surface area contributed by atoms with Crippen molar-refractivity contribution in [1.82, 2.24) is 30.0 Å². The van der Waals surface area contributed by atoms with Crippen LogP contribution in [0.25, 0.3) is 0 Å². The highest BCUT2D eigenvalue weighted by Gasteiger charge is 2.53. The van der Waals surface area contributed by atoms with Crippen molar-refractivity contribution >= 4 is 41.3 Å². The SMILES string of the molecule is O=C(O)C1=C(CSc2n[nH]c(C(F)(F)F)n2)CS[C@@H]2C(Nc3ncc[nH]3)C(=O)N12. The summed E-state index contributed by atoms with van der Waals surface area (Å²) in [5.41, 5.74) is 0.252. The number of H-pyrrole nitrogens is 2. The van der Waals surface area contributed by atoms with Gasteiger partial charge in [-0.1, -0.05) is 11.8 Å². The van der Waals surface area contributed by atoms with Gasteiger partial charge < -0.3 is 15.4 Å². The topological polar surface area (TPSA) is 140 Å². The number of alkyl halides is 3. The predicted molar refractivity (Wildman–Crippen MR) is 95.9 cm³/mol. The van der Waals surface area contributed by atoms with Gasteiger partial charge >= 0.3 is 12.1 Å². The van der Waals surface area contributed by atoms with Gasteiger partial charge in [0.05, 0.1) is 0 Å². The number of fused-ring (bicyclic) bond motifs is 1. The molecule has 0 aromatic carbocycles. The number of anilines is 1. The fourth-order valence-corrected chi connectivity index (χ4v) is 5.16. The van der Waals surface area contributed by atoms with Crippen LogP contribution >= 0.6 is 23.5 Å². The molecule has 154 valence electrons. The lowest BCUT2D eigenvalue weighted by atomic mass is 10.0. The number of carboxylic acid groups (broad SMARTS) is 1. The van der Waals surface area contributed by atoms with E-state index in [1.165, 1.54) is 22.9 Å². The molecule has 0 radical (unpaired) electrons. The number of imidazole rings is 1. The zero-order chi connectivity index (χ0) is 20.8. The van der Waals surface area contributed by atoms with Crippen LogP contribution in [0.1, 0.15) is 5.82 Å². The Bertz CT molecular complexity index is 976. The lowest BCUT2D eigenvalue weighted by molar-refractivity contribution is -0.147. The summed E-state index contributed by atoms with van der Waals surface area (Å²) < 4.78 is 37.8. The zero-order valence-corrected chi connectivity index (χ0v) is 15.9. The molecule has 1 saturated heterocycles. The Morgan fingerprint density at radius 2 is 2.28 bits per heavy atom. The number of halogens is 3. The zero-order valence-electron chi connectivity index (χ0n) is 14.2. The molecule has 4 rings (SSSR count). The van der Waals surface area contributed by atoms with Crippen LogP contribution in [0.5, 0.6) is 0 Å². The summed E-state index contributed by atoms with van der Waals surface area (Å²) >= 11 is 2.22. The number of β-lactam (4-membered cyclic amide) rings is 1. The minimum absolute atomic E-state index is 0.0383. The fourth-order valence-electron chi connectivity index (χ4n) is 2.88. The van der Waals surface area contributed by atoms with E-state index in [-0.39, 0.29) is 16.6 Å². The first-order chi connectivity index (χ1) is 13.8. The maximum atomic E-state index is 12.6. The van der Waals surface area contributed by atoms with Gasteiger partial charge in [-0.15, -0.1) is 16.9 Å². The van der Waals surface area contributed by atoms with E-state index in [2.05, 4.69) is 25.4 Å². The molecule has 1 unspecified atom stereocenters.